The molecule has 0 saturated heterocycles. The van der Waals surface area contributed by atoms with E-state index in [0.717, 1.165) is 12.1 Å². The minimum Gasteiger partial charge on any atom is -0.452 e. The minimum absolute atomic E-state index is 0.158. The Morgan fingerprint density at radius 3 is 2.24 bits per heavy atom. The van der Waals surface area contributed by atoms with Gasteiger partial charge in [-0.3, -0.25) is 0 Å². The molecule has 1 N–H and O–H groups in total. The van der Waals surface area contributed by atoms with Crippen molar-refractivity contribution in [3.05, 3.63) is 46.8 Å². The van der Waals surface area contributed by atoms with E-state index in [1.54, 1.807) is 12.1 Å². The number of furan rings is 1. The van der Waals surface area contributed by atoms with Crippen molar-refractivity contribution in [1.82, 2.24) is 0 Å². The van der Waals surface area contributed by atoms with Crippen LogP contribution in [-0.2, 0) is 9.84 Å². The summed E-state index contributed by atoms with van der Waals surface area (Å²) < 4.78 is 53.4. The summed E-state index contributed by atoms with van der Waals surface area (Å²) in [5.41, 5.74) is 0.600. The van der Waals surface area contributed by atoms with Crippen molar-refractivity contribution in [2.75, 3.05) is 5.32 Å². The predicted molar refractivity (Wildman–Crippen MR) is 78.1 cm³/mol. The predicted octanol–water partition coefficient (Wildman–Crippen LogP) is 4.21. The molecular weight excluding hydrogens is 368 g/mol. The number of sulfone groups is 1. The summed E-state index contributed by atoms with van der Waals surface area (Å²) in [7, 11) is -4.56. The third-order valence-electron chi connectivity index (χ3n) is 2.82. The van der Waals surface area contributed by atoms with Crippen LogP contribution in [0.5, 0.6) is 0 Å². The molecule has 0 radical (unpaired) electrons. The highest BCUT2D eigenvalue weighted by Gasteiger charge is 2.26. The summed E-state index contributed by atoms with van der Waals surface area (Å²) in [5.74, 6) is -2.73. The Bertz CT molecular complexity index is 713. The fraction of sp³-hybridized carbons (Fsp3) is 0.231. The average molecular weight is 380 g/mol. The Labute approximate surface area is 129 Å². The van der Waals surface area contributed by atoms with Crippen molar-refractivity contribution in [2.24, 2.45) is 0 Å². The number of alkyl halides is 2. The van der Waals surface area contributed by atoms with Gasteiger partial charge in [0.05, 0.1) is 10.9 Å². The van der Waals surface area contributed by atoms with E-state index >= 15 is 0 Å². The van der Waals surface area contributed by atoms with Crippen molar-refractivity contribution >= 4 is 31.5 Å². The van der Waals surface area contributed by atoms with Gasteiger partial charge in [-0.05, 0) is 59.3 Å². The number of hydrogen-bond donors (Lipinski definition) is 1. The van der Waals surface area contributed by atoms with Crippen LogP contribution in [0, 0.1) is 0 Å². The second-order valence-electron chi connectivity index (χ2n) is 4.34. The molecule has 0 fully saturated rings. The van der Waals surface area contributed by atoms with Gasteiger partial charge in [0.2, 0.25) is 9.84 Å². The SMILES string of the molecule is CC(Nc1ccc(S(=O)(=O)C(F)F)cc1)c1ccc(Br)o1. The Morgan fingerprint density at radius 2 is 1.76 bits per heavy atom. The molecule has 0 aliphatic rings. The van der Waals surface area contributed by atoms with Crippen LogP contribution in [0.1, 0.15) is 18.7 Å². The van der Waals surface area contributed by atoms with Crippen molar-refractivity contribution in [3.8, 4) is 0 Å². The van der Waals surface area contributed by atoms with Crippen LogP contribution in [0.4, 0.5) is 14.5 Å². The highest BCUT2D eigenvalue weighted by molar-refractivity contribution is 9.10. The lowest BCUT2D eigenvalue weighted by atomic mass is 10.2. The van der Waals surface area contributed by atoms with Crippen molar-refractivity contribution < 1.29 is 21.6 Å². The Kier molecular flexibility index (Phi) is 4.67. The molecule has 8 heteroatoms. The molecule has 1 aromatic heterocycles. The maximum atomic E-state index is 12.4. The van der Waals surface area contributed by atoms with Gasteiger partial charge in [-0.2, -0.15) is 8.78 Å². The summed E-state index contributed by atoms with van der Waals surface area (Å²) >= 11 is 3.20. The summed E-state index contributed by atoms with van der Waals surface area (Å²) in [6.07, 6.45) is 0. The maximum absolute atomic E-state index is 12.4. The van der Waals surface area contributed by atoms with Crippen LogP contribution in [0.2, 0.25) is 0 Å². The van der Waals surface area contributed by atoms with E-state index in [-0.39, 0.29) is 6.04 Å². The van der Waals surface area contributed by atoms with Crippen LogP contribution in [0.25, 0.3) is 0 Å². The monoisotopic (exact) mass is 379 g/mol. The molecule has 4 nitrogen and oxygen atoms in total. The van der Waals surface area contributed by atoms with Crippen molar-refractivity contribution in [2.45, 2.75) is 23.6 Å². The van der Waals surface area contributed by atoms with Gasteiger partial charge in [-0.15, -0.1) is 0 Å². The molecule has 1 unspecified atom stereocenters. The number of nitrogens with one attached hydrogen (secondary N) is 1. The first kappa shape index (κ1) is 16.0. The highest BCUT2D eigenvalue weighted by Crippen LogP contribution is 2.25. The molecule has 114 valence electrons. The topological polar surface area (TPSA) is 59.3 Å². The molecule has 1 heterocycles. The number of hydrogen-bond acceptors (Lipinski definition) is 4. The van der Waals surface area contributed by atoms with Gasteiger partial charge < -0.3 is 9.73 Å². The highest BCUT2D eigenvalue weighted by atomic mass is 79.9. The molecule has 2 aromatic rings. The Morgan fingerprint density at radius 1 is 1.14 bits per heavy atom. The van der Waals surface area contributed by atoms with E-state index in [1.165, 1.54) is 12.1 Å². The summed E-state index contributed by atoms with van der Waals surface area (Å²) in [5, 5.41) is 3.08. The molecule has 2 rings (SSSR count). The fourth-order valence-corrected chi connectivity index (χ4v) is 2.77. The van der Waals surface area contributed by atoms with E-state index < -0.39 is 20.5 Å². The zero-order valence-corrected chi connectivity index (χ0v) is 13.3. The lowest BCUT2D eigenvalue weighted by molar-refractivity contribution is 0.234. The van der Waals surface area contributed by atoms with Crippen molar-refractivity contribution in [1.29, 1.82) is 0 Å². The van der Waals surface area contributed by atoms with Crippen molar-refractivity contribution in [3.63, 3.8) is 0 Å². The second-order valence-corrected chi connectivity index (χ2v) is 7.04. The molecule has 0 amide bonds. The van der Waals surface area contributed by atoms with Gasteiger partial charge in [0, 0.05) is 5.69 Å². The fourth-order valence-electron chi connectivity index (χ4n) is 1.73. The second kappa shape index (κ2) is 6.15. The molecule has 0 aliphatic heterocycles. The Balaban J connectivity index is 2.13. The number of anilines is 1. The molecule has 1 atom stereocenters. The number of halogens is 3. The molecule has 21 heavy (non-hydrogen) atoms. The maximum Gasteiger partial charge on any atom is 0.341 e. The molecular formula is C13H12BrF2NO3S. The number of benzene rings is 1. The molecule has 0 aliphatic carbocycles. The molecule has 0 saturated carbocycles. The van der Waals surface area contributed by atoms with Crippen LogP contribution in [-0.4, -0.2) is 14.2 Å². The van der Waals surface area contributed by atoms with Crippen LogP contribution >= 0.6 is 15.9 Å². The van der Waals surface area contributed by atoms with E-state index in [0.29, 0.717) is 16.1 Å². The van der Waals surface area contributed by atoms with Gasteiger partial charge in [-0.25, -0.2) is 8.42 Å². The number of rotatable bonds is 5. The lowest BCUT2D eigenvalue weighted by Crippen LogP contribution is -2.11. The van der Waals surface area contributed by atoms with E-state index in [9.17, 15) is 17.2 Å². The van der Waals surface area contributed by atoms with E-state index in [4.69, 9.17) is 4.42 Å². The minimum atomic E-state index is -4.56. The average Bonchev–Trinajstić information content (AvgIpc) is 2.86. The largest absolute Gasteiger partial charge is 0.452 e. The quantitative estimate of drug-likeness (QED) is 0.844. The van der Waals surface area contributed by atoms with Gasteiger partial charge in [-0.1, -0.05) is 0 Å². The van der Waals surface area contributed by atoms with E-state index in [2.05, 4.69) is 21.2 Å². The zero-order valence-electron chi connectivity index (χ0n) is 10.9. The first-order valence-corrected chi connectivity index (χ1v) is 8.28. The van der Waals surface area contributed by atoms with Crippen LogP contribution in [0.3, 0.4) is 0 Å². The van der Waals surface area contributed by atoms with Gasteiger partial charge in [0.1, 0.15) is 5.76 Å². The first-order valence-electron chi connectivity index (χ1n) is 5.94. The zero-order chi connectivity index (χ0) is 15.6. The van der Waals surface area contributed by atoms with Crippen LogP contribution < -0.4 is 5.32 Å². The lowest BCUT2D eigenvalue weighted by Gasteiger charge is -2.13. The third kappa shape index (κ3) is 3.62. The van der Waals surface area contributed by atoms with Gasteiger partial charge >= 0.3 is 5.76 Å². The smallest absolute Gasteiger partial charge is 0.341 e. The van der Waals surface area contributed by atoms with Gasteiger partial charge in [0.25, 0.3) is 0 Å². The summed E-state index contributed by atoms with van der Waals surface area (Å²) in [4.78, 5) is -0.406. The summed E-state index contributed by atoms with van der Waals surface area (Å²) in [6.45, 7) is 1.86. The molecule has 1 aromatic carbocycles. The molecule has 0 spiro atoms. The summed E-state index contributed by atoms with van der Waals surface area (Å²) in [6, 6.07) is 8.55. The first-order chi connectivity index (χ1) is 9.80. The normalized spacial score (nSPS) is 13.4. The van der Waals surface area contributed by atoms with E-state index in [1.807, 2.05) is 6.92 Å². The molecule has 0 bridgehead atoms. The van der Waals surface area contributed by atoms with Crippen LogP contribution in [0.15, 0.2) is 50.4 Å². The van der Waals surface area contributed by atoms with Gasteiger partial charge in [0.15, 0.2) is 4.67 Å². The third-order valence-corrected chi connectivity index (χ3v) is 4.65. The Hall–Kier alpha value is -1.41. The standard InChI is InChI=1S/C13H12BrF2NO3S/c1-8(11-6-7-12(14)20-11)17-9-2-4-10(5-3-9)21(18,19)13(15)16/h2-8,13,17H,1H3.